The van der Waals surface area contributed by atoms with Crippen molar-refractivity contribution in [3.63, 3.8) is 0 Å². The highest BCUT2D eigenvalue weighted by molar-refractivity contribution is 7.17. The summed E-state index contributed by atoms with van der Waals surface area (Å²) in [7, 11) is 1.33. The van der Waals surface area contributed by atoms with Gasteiger partial charge in [-0.15, -0.1) is 13.2 Å². The lowest BCUT2D eigenvalue weighted by Crippen LogP contribution is -2.16. The van der Waals surface area contributed by atoms with E-state index >= 15 is 0 Å². The molecule has 0 saturated heterocycles. The second-order valence-corrected chi connectivity index (χ2v) is 5.85. The Morgan fingerprint density at radius 2 is 1.73 bits per heavy atom. The summed E-state index contributed by atoms with van der Waals surface area (Å²) in [5, 5.41) is 9.00. The van der Waals surface area contributed by atoms with Crippen molar-refractivity contribution < 1.29 is 26.7 Å². The normalized spacial score (nSPS) is 12.2. The topological polar surface area (TPSA) is 63.2 Å². The average molecular weight is 386 g/mol. The Morgan fingerprint density at radius 3 is 2.27 bits per heavy atom. The Hall–Kier alpha value is -2.79. The number of hydrogen-bond donors (Lipinski definition) is 0. The van der Waals surface area contributed by atoms with Crippen LogP contribution in [-0.2, 0) is 5.66 Å². The zero-order valence-electron chi connectivity index (χ0n) is 12.6. The van der Waals surface area contributed by atoms with Gasteiger partial charge in [-0.25, -0.2) is 9.97 Å². The first-order chi connectivity index (χ1) is 12.1. The summed E-state index contributed by atoms with van der Waals surface area (Å²) >= 11 is 0. The highest BCUT2D eigenvalue weighted by Gasteiger charge is 2.32. The Morgan fingerprint density at radius 1 is 1.08 bits per heavy atom. The van der Waals surface area contributed by atoms with Gasteiger partial charge in [0.05, 0.1) is 0 Å². The number of imidazole rings is 1. The van der Waals surface area contributed by atoms with Crippen LogP contribution in [-0.4, -0.2) is 20.7 Å². The van der Waals surface area contributed by atoms with Crippen LogP contribution in [0.5, 0.6) is 5.75 Å². The van der Waals surface area contributed by atoms with Gasteiger partial charge in [0.1, 0.15) is 11.8 Å². The molecule has 1 unspecified atom stereocenters. The molecule has 3 rings (SSSR count). The largest absolute Gasteiger partial charge is 0.573 e. The number of hydrogen-bond acceptors (Lipinski definition) is 4. The fraction of sp³-hybridized carbons (Fsp3) is 0.133. The molecule has 2 heterocycles. The molecule has 11 heteroatoms. The molecule has 0 amide bonds. The highest BCUT2D eigenvalue weighted by atomic mass is 31.0. The van der Waals surface area contributed by atoms with Crippen molar-refractivity contribution in [3.05, 3.63) is 48.2 Å². The fourth-order valence-electron chi connectivity index (χ4n) is 2.28. The van der Waals surface area contributed by atoms with Crippen molar-refractivity contribution in [2.75, 3.05) is 0 Å². The van der Waals surface area contributed by atoms with E-state index in [-0.39, 0.29) is 11.3 Å². The molecule has 0 aliphatic heterocycles. The number of nitrogens with zero attached hydrogens (tertiary/aromatic N) is 4. The maximum atomic E-state index is 13.7. The average Bonchev–Trinajstić information content (AvgIpc) is 2.92. The van der Waals surface area contributed by atoms with Gasteiger partial charge in [0, 0.05) is 18.0 Å². The van der Waals surface area contributed by atoms with Gasteiger partial charge in [-0.3, -0.25) is 4.40 Å². The van der Waals surface area contributed by atoms with Gasteiger partial charge in [-0.1, -0.05) is 21.4 Å². The molecule has 0 radical (unpaired) electrons. The summed E-state index contributed by atoms with van der Waals surface area (Å²) < 4.78 is 68.7. The summed E-state index contributed by atoms with van der Waals surface area (Å²) in [5.74, 6) is -1.11. The monoisotopic (exact) mass is 386 g/mol. The summed E-state index contributed by atoms with van der Waals surface area (Å²) in [5.41, 5.74) is -2.96. The van der Waals surface area contributed by atoms with Crippen LogP contribution < -0.4 is 4.74 Å². The quantitative estimate of drug-likeness (QED) is 0.503. The summed E-state index contributed by atoms with van der Waals surface area (Å²) in [4.78, 5) is 7.56. The number of aromatic nitrogens is 3. The van der Waals surface area contributed by atoms with E-state index in [9.17, 15) is 22.0 Å². The number of nitriles is 1. The molecule has 0 N–H and O–H groups in total. The van der Waals surface area contributed by atoms with E-state index in [0.29, 0.717) is 11.1 Å². The molecule has 134 valence electrons. The van der Waals surface area contributed by atoms with Crippen LogP contribution in [0.3, 0.4) is 0 Å². The van der Waals surface area contributed by atoms with Crippen LogP contribution in [0.1, 0.15) is 11.5 Å². The van der Waals surface area contributed by atoms with Crippen molar-refractivity contribution in [3.8, 4) is 22.9 Å². The van der Waals surface area contributed by atoms with Gasteiger partial charge >= 0.3 is 12.0 Å². The van der Waals surface area contributed by atoms with E-state index < -0.39 is 23.6 Å². The van der Waals surface area contributed by atoms with Gasteiger partial charge in [-0.05, 0) is 17.7 Å². The molecule has 0 aliphatic carbocycles. The molecule has 3 aromatic rings. The minimum absolute atomic E-state index is 0.0506. The van der Waals surface area contributed by atoms with Gasteiger partial charge in [0.2, 0.25) is 0 Å². The molecule has 1 atom stereocenters. The zero-order chi connectivity index (χ0) is 19.1. The Balaban J connectivity index is 2.05. The number of ether oxygens (including phenoxy) is 1. The van der Waals surface area contributed by atoms with E-state index in [1.807, 2.05) is 0 Å². The Bertz CT molecular complexity index is 1000. The number of alkyl halides is 5. The van der Waals surface area contributed by atoms with E-state index in [0.717, 1.165) is 16.5 Å². The molecular formula is C15H8F5N4OP. The minimum Gasteiger partial charge on any atom is -0.406 e. The summed E-state index contributed by atoms with van der Waals surface area (Å²) in [6.07, 6.45) is -2.23. The first-order valence-corrected chi connectivity index (χ1v) is 7.48. The molecule has 0 saturated carbocycles. The van der Waals surface area contributed by atoms with E-state index in [2.05, 4.69) is 14.7 Å². The molecule has 5 nitrogen and oxygen atoms in total. The standard InChI is InChI=1S/C15H8F5N4OP/c16-14(17,26)13-23-11(5-21)12-22-6-9(7-24(12)13)8-1-3-10(4-2-8)25-15(18,19)20/h1-4,6-7H,26H2. The SMILES string of the molecule is N#Cc1nc(C(F)(F)P)n2cc(-c3ccc(OC(F)(F)F)cc3)cnc12. The van der Waals surface area contributed by atoms with Crippen LogP contribution in [0.15, 0.2) is 36.7 Å². The molecule has 0 bridgehead atoms. The Labute approximate surface area is 145 Å². The van der Waals surface area contributed by atoms with Crippen LogP contribution in [0.2, 0.25) is 0 Å². The second-order valence-electron chi connectivity index (χ2n) is 5.13. The predicted octanol–water partition coefficient (Wildman–Crippen LogP) is 4.09. The number of fused-ring (bicyclic) bond motifs is 1. The van der Waals surface area contributed by atoms with Crippen LogP contribution >= 0.6 is 9.24 Å². The van der Waals surface area contributed by atoms with Crippen molar-refractivity contribution in [2.45, 2.75) is 12.0 Å². The predicted molar refractivity (Wildman–Crippen MR) is 83.4 cm³/mol. The van der Waals surface area contributed by atoms with E-state index in [4.69, 9.17) is 5.26 Å². The molecule has 0 spiro atoms. The van der Waals surface area contributed by atoms with Crippen LogP contribution in [0.25, 0.3) is 16.8 Å². The minimum atomic E-state index is -4.81. The molecule has 26 heavy (non-hydrogen) atoms. The van der Waals surface area contributed by atoms with Crippen LogP contribution in [0.4, 0.5) is 22.0 Å². The lowest BCUT2D eigenvalue weighted by molar-refractivity contribution is -0.274. The fourth-order valence-corrected chi connectivity index (χ4v) is 2.48. The first-order valence-electron chi connectivity index (χ1n) is 6.90. The van der Waals surface area contributed by atoms with E-state index in [1.54, 1.807) is 6.07 Å². The number of halogens is 5. The maximum Gasteiger partial charge on any atom is 0.573 e. The van der Waals surface area contributed by atoms with Gasteiger partial charge in [-0.2, -0.15) is 14.0 Å². The van der Waals surface area contributed by atoms with Gasteiger partial charge in [0.25, 0.3) is 0 Å². The van der Waals surface area contributed by atoms with Crippen LogP contribution in [0, 0.1) is 11.3 Å². The van der Waals surface area contributed by atoms with E-state index in [1.165, 1.54) is 33.8 Å². The third-order valence-corrected chi connectivity index (χ3v) is 3.56. The summed E-state index contributed by atoms with van der Waals surface area (Å²) in [6.45, 7) is 0. The number of rotatable bonds is 3. The smallest absolute Gasteiger partial charge is 0.406 e. The molecule has 1 aromatic carbocycles. The molecular weight excluding hydrogens is 378 g/mol. The number of benzene rings is 1. The third kappa shape index (κ3) is 3.58. The maximum absolute atomic E-state index is 13.7. The van der Waals surface area contributed by atoms with Crippen molar-refractivity contribution in [2.24, 2.45) is 0 Å². The molecule has 0 fully saturated rings. The molecule has 2 aromatic heterocycles. The second kappa shape index (κ2) is 6.18. The van der Waals surface area contributed by atoms with Crippen molar-refractivity contribution in [1.29, 1.82) is 5.26 Å². The third-order valence-electron chi connectivity index (χ3n) is 3.31. The highest BCUT2D eigenvalue weighted by Crippen LogP contribution is 2.35. The van der Waals surface area contributed by atoms with Crippen molar-refractivity contribution >= 4 is 14.9 Å². The lowest BCUT2D eigenvalue weighted by Gasteiger charge is -2.11. The Kier molecular flexibility index (Phi) is 4.28. The summed E-state index contributed by atoms with van der Waals surface area (Å²) in [6, 6.07) is 6.52. The van der Waals surface area contributed by atoms with Gasteiger partial charge in [0.15, 0.2) is 17.2 Å². The zero-order valence-corrected chi connectivity index (χ0v) is 13.8. The lowest BCUT2D eigenvalue weighted by atomic mass is 10.1. The molecule has 0 aliphatic rings. The van der Waals surface area contributed by atoms with Crippen molar-refractivity contribution in [1.82, 2.24) is 14.4 Å². The first kappa shape index (κ1) is 18.0. The van der Waals surface area contributed by atoms with Gasteiger partial charge < -0.3 is 4.74 Å².